The summed E-state index contributed by atoms with van der Waals surface area (Å²) in [6.07, 6.45) is 0. The van der Waals surface area contributed by atoms with Gasteiger partial charge in [-0.25, -0.2) is 0 Å². The molecule has 0 aliphatic rings. The Morgan fingerprint density at radius 2 is 1.70 bits per heavy atom. The molecule has 0 aromatic carbocycles. The van der Waals surface area contributed by atoms with Crippen LogP contribution in [0.5, 0.6) is 0 Å². The van der Waals surface area contributed by atoms with E-state index in [1.54, 1.807) is 0 Å². The molecule has 0 fully saturated rings. The molecule has 2 heteroatoms. The van der Waals surface area contributed by atoms with Gasteiger partial charge in [-0.2, -0.15) is 0 Å². The van der Waals surface area contributed by atoms with E-state index in [0.717, 1.165) is 5.92 Å². The quantitative estimate of drug-likeness (QED) is 0.576. The van der Waals surface area contributed by atoms with Crippen molar-refractivity contribution >= 4 is 9.04 Å². The summed E-state index contributed by atoms with van der Waals surface area (Å²) in [6.45, 7) is 11.4. The highest BCUT2D eigenvalue weighted by Gasteiger charge is 2.30. The van der Waals surface area contributed by atoms with E-state index in [9.17, 15) is 0 Å². The van der Waals surface area contributed by atoms with Crippen molar-refractivity contribution in [2.24, 2.45) is 5.92 Å². The van der Waals surface area contributed by atoms with Crippen LogP contribution >= 0.6 is 0 Å². The van der Waals surface area contributed by atoms with Crippen LogP contribution in [-0.2, 0) is 4.43 Å². The standard InChI is InChI=1S/C8H20OSi/c1-7(2)8(3,4)10(6)9-5/h7,10H,1-6H3. The van der Waals surface area contributed by atoms with Gasteiger partial charge in [-0.3, -0.25) is 0 Å². The molecule has 0 N–H and O–H groups in total. The van der Waals surface area contributed by atoms with E-state index >= 15 is 0 Å². The van der Waals surface area contributed by atoms with Gasteiger partial charge in [-0.05, 0) is 17.5 Å². The molecular weight excluding hydrogens is 140 g/mol. The summed E-state index contributed by atoms with van der Waals surface area (Å²) >= 11 is 0. The SMILES string of the molecule is CO[SiH](C)C(C)(C)C(C)C. The summed E-state index contributed by atoms with van der Waals surface area (Å²) in [4.78, 5) is 0. The minimum absolute atomic E-state index is 0.425. The molecule has 0 aliphatic carbocycles. The lowest BCUT2D eigenvalue weighted by molar-refractivity contribution is 0.351. The van der Waals surface area contributed by atoms with Gasteiger partial charge in [0.15, 0.2) is 9.04 Å². The molecule has 0 amide bonds. The molecule has 0 aromatic rings. The molecule has 0 saturated carbocycles. The minimum atomic E-state index is -0.948. The third-order valence-corrected chi connectivity index (χ3v) is 6.36. The van der Waals surface area contributed by atoms with Crippen molar-refractivity contribution in [3.05, 3.63) is 0 Å². The van der Waals surface area contributed by atoms with E-state index in [2.05, 4.69) is 34.2 Å². The lowest BCUT2D eigenvalue weighted by atomic mass is 9.99. The molecule has 0 aliphatic heterocycles. The van der Waals surface area contributed by atoms with Crippen LogP contribution in [0.15, 0.2) is 0 Å². The van der Waals surface area contributed by atoms with Crippen LogP contribution in [-0.4, -0.2) is 16.2 Å². The highest BCUT2D eigenvalue weighted by atomic mass is 28.3. The fraction of sp³-hybridized carbons (Fsp3) is 1.00. The molecule has 1 unspecified atom stereocenters. The highest BCUT2D eigenvalue weighted by molar-refractivity contribution is 6.53. The molecule has 0 rings (SSSR count). The summed E-state index contributed by atoms with van der Waals surface area (Å²) in [5, 5.41) is 0.425. The number of rotatable bonds is 3. The Bertz CT molecular complexity index is 99.4. The molecule has 0 heterocycles. The van der Waals surface area contributed by atoms with Gasteiger partial charge >= 0.3 is 0 Å². The Kier molecular flexibility index (Phi) is 3.60. The fourth-order valence-corrected chi connectivity index (χ4v) is 2.32. The fourth-order valence-electron chi connectivity index (χ4n) is 0.773. The predicted molar refractivity (Wildman–Crippen MR) is 48.9 cm³/mol. The average Bonchev–Trinajstić information content (AvgIpc) is 1.86. The van der Waals surface area contributed by atoms with Gasteiger partial charge in [-0.15, -0.1) is 0 Å². The van der Waals surface area contributed by atoms with Crippen LogP contribution in [0.4, 0.5) is 0 Å². The van der Waals surface area contributed by atoms with E-state index in [1.807, 2.05) is 7.11 Å². The van der Waals surface area contributed by atoms with E-state index in [1.165, 1.54) is 0 Å². The Morgan fingerprint density at radius 3 is 1.80 bits per heavy atom. The number of hydrogen-bond acceptors (Lipinski definition) is 1. The molecule has 10 heavy (non-hydrogen) atoms. The van der Waals surface area contributed by atoms with Crippen molar-refractivity contribution in [3.63, 3.8) is 0 Å². The van der Waals surface area contributed by atoms with E-state index < -0.39 is 9.04 Å². The first-order chi connectivity index (χ1) is 4.42. The van der Waals surface area contributed by atoms with Gasteiger partial charge in [0.25, 0.3) is 0 Å². The van der Waals surface area contributed by atoms with E-state index in [-0.39, 0.29) is 0 Å². The Labute approximate surface area is 66.5 Å². The zero-order valence-electron chi connectivity index (χ0n) is 8.06. The van der Waals surface area contributed by atoms with E-state index in [0.29, 0.717) is 5.04 Å². The second-order valence-corrected chi connectivity index (χ2v) is 7.10. The van der Waals surface area contributed by atoms with Crippen LogP contribution in [0.1, 0.15) is 27.7 Å². The van der Waals surface area contributed by atoms with Crippen LogP contribution in [0.25, 0.3) is 0 Å². The Morgan fingerprint density at radius 1 is 1.30 bits per heavy atom. The first-order valence-electron chi connectivity index (χ1n) is 3.95. The van der Waals surface area contributed by atoms with Crippen molar-refractivity contribution in [2.45, 2.75) is 39.3 Å². The number of hydrogen-bond donors (Lipinski definition) is 0. The summed E-state index contributed by atoms with van der Waals surface area (Å²) in [7, 11) is 0.886. The van der Waals surface area contributed by atoms with Crippen LogP contribution in [0.3, 0.4) is 0 Å². The Balaban J connectivity index is 4.09. The van der Waals surface area contributed by atoms with E-state index in [4.69, 9.17) is 4.43 Å². The van der Waals surface area contributed by atoms with Gasteiger partial charge in [0.1, 0.15) is 0 Å². The molecule has 0 radical (unpaired) electrons. The van der Waals surface area contributed by atoms with Gasteiger partial charge < -0.3 is 4.43 Å². The Hall–Kier alpha value is 0.177. The molecule has 1 nitrogen and oxygen atoms in total. The van der Waals surface area contributed by atoms with Crippen molar-refractivity contribution in [1.29, 1.82) is 0 Å². The maximum Gasteiger partial charge on any atom is 0.179 e. The largest absolute Gasteiger partial charge is 0.423 e. The monoisotopic (exact) mass is 160 g/mol. The maximum atomic E-state index is 5.42. The third-order valence-electron chi connectivity index (χ3n) is 2.89. The van der Waals surface area contributed by atoms with Crippen molar-refractivity contribution in [2.75, 3.05) is 7.11 Å². The average molecular weight is 160 g/mol. The molecule has 62 valence electrons. The van der Waals surface area contributed by atoms with Crippen LogP contribution in [0, 0.1) is 5.92 Å². The third kappa shape index (κ3) is 2.10. The first kappa shape index (κ1) is 10.2. The molecule has 0 saturated heterocycles. The second kappa shape index (κ2) is 3.53. The van der Waals surface area contributed by atoms with Crippen LogP contribution in [0.2, 0.25) is 11.6 Å². The second-order valence-electron chi connectivity index (χ2n) is 3.85. The van der Waals surface area contributed by atoms with Crippen molar-refractivity contribution in [1.82, 2.24) is 0 Å². The zero-order valence-corrected chi connectivity index (χ0v) is 9.22. The minimum Gasteiger partial charge on any atom is -0.423 e. The van der Waals surface area contributed by atoms with Gasteiger partial charge in [0, 0.05) is 7.11 Å². The topological polar surface area (TPSA) is 9.23 Å². The zero-order chi connectivity index (χ0) is 8.36. The van der Waals surface area contributed by atoms with Gasteiger partial charge in [0.05, 0.1) is 0 Å². The summed E-state index contributed by atoms with van der Waals surface area (Å²) in [6, 6.07) is 0. The smallest absolute Gasteiger partial charge is 0.179 e. The molecular formula is C8H20OSi. The molecule has 0 aromatic heterocycles. The first-order valence-corrected chi connectivity index (χ1v) is 6.16. The lowest BCUT2D eigenvalue weighted by Gasteiger charge is -2.33. The maximum absolute atomic E-state index is 5.42. The molecule has 1 atom stereocenters. The van der Waals surface area contributed by atoms with Gasteiger partial charge in [-0.1, -0.05) is 27.7 Å². The predicted octanol–water partition coefficient (Wildman–Crippen LogP) is 2.42. The van der Waals surface area contributed by atoms with Crippen LogP contribution < -0.4 is 0 Å². The van der Waals surface area contributed by atoms with Gasteiger partial charge in [0.2, 0.25) is 0 Å². The molecule has 0 bridgehead atoms. The van der Waals surface area contributed by atoms with Crippen molar-refractivity contribution in [3.8, 4) is 0 Å². The summed E-state index contributed by atoms with van der Waals surface area (Å²) in [5.41, 5.74) is 0. The summed E-state index contributed by atoms with van der Waals surface area (Å²) < 4.78 is 5.42. The summed E-state index contributed by atoms with van der Waals surface area (Å²) in [5.74, 6) is 0.731. The normalized spacial score (nSPS) is 15.9. The van der Waals surface area contributed by atoms with Crippen molar-refractivity contribution < 1.29 is 4.43 Å². The molecule has 0 spiro atoms. The highest BCUT2D eigenvalue weighted by Crippen LogP contribution is 2.37. The lowest BCUT2D eigenvalue weighted by Crippen LogP contribution is -2.31.